The third-order valence-corrected chi connectivity index (χ3v) is 3.90. The maximum absolute atomic E-state index is 12.2. The van der Waals surface area contributed by atoms with Gasteiger partial charge in [0.05, 0.1) is 12.1 Å². The topological polar surface area (TPSA) is 33.7 Å². The van der Waals surface area contributed by atoms with Crippen molar-refractivity contribution in [3.63, 3.8) is 0 Å². The molecule has 1 unspecified atom stereocenters. The van der Waals surface area contributed by atoms with Crippen molar-refractivity contribution >= 4 is 17.4 Å². The first-order valence-corrected chi connectivity index (χ1v) is 6.17. The quantitative estimate of drug-likeness (QED) is 0.839. The first-order valence-electron chi connectivity index (χ1n) is 5.79. The highest BCUT2D eigenvalue weighted by Gasteiger charge is 2.45. The number of likely N-dealkylation sites (N-methyl/N-ethyl adjacent to an activating group) is 1. The molecule has 1 saturated carbocycles. The molecule has 0 heterocycles. The molecule has 0 amide bonds. The van der Waals surface area contributed by atoms with Gasteiger partial charge in [-0.1, -0.05) is 29.8 Å². The molecule has 3 heteroatoms. The zero-order valence-electron chi connectivity index (χ0n) is 9.50. The molecule has 86 valence electrons. The van der Waals surface area contributed by atoms with Crippen molar-refractivity contribution in [3.8, 4) is 0 Å². The van der Waals surface area contributed by atoms with Gasteiger partial charge in [0, 0.05) is 18.4 Å². The van der Waals surface area contributed by atoms with Gasteiger partial charge in [0.25, 0.3) is 0 Å². The van der Waals surface area contributed by atoms with E-state index in [0.29, 0.717) is 17.2 Å². The number of hydrogen-bond acceptors (Lipinski definition) is 1. The van der Waals surface area contributed by atoms with Crippen molar-refractivity contribution in [2.75, 3.05) is 7.05 Å². The lowest BCUT2D eigenvalue weighted by Crippen LogP contribution is -2.94. The van der Waals surface area contributed by atoms with E-state index in [1.54, 1.807) is 0 Å². The average molecular weight is 239 g/mol. The second kappa shape index (κ2) is 4.56. The van der Waals surface area contributed by atoms with Crippen LogP contribution in [0.5, 0.6) is 0 Å². The second-order valence-electron chi connectivity index (χ2n) is 4.37. The number of Topliss-reactive ketones (excluding diaryl/α,β-unsaturated/α-hetero) is 1. The zero-order chi connectivity index (χ0) is 11.6. The monoisotopic (exact) mass is 238 g/mol. The molecule has 16 heavy (non-hydrogen) atoms. The minimum atomic E-state index is -0.434. The molecule has 0 aliphatic heterocycles. The predicted octanol–water partition coefficient (Wildman–Crippen LogP) is 1.87. The SMILES string of the molecule is C[NH2+]C1(c2ccccc2Cl)CCCCC1=O. The fourth-order valence-corrected chi connectivity index (χ4v) is 2.92. The van der Waals surface area contributed by atoms with Crippen LogP contribution >= 0.6 is 11.6 Å². The molecule has 1 aromatic rings. The second-order valence-corrected chi connectivity index (χ2v) is 4.78. The number of nitrogens with two attached hydrogens (primary N) is 1. The number of quaternary nitrogens is 1. The molecular weight excluding hydrogens is 222 g/mol. The van der Waals surface area contributed by atoms with Crippen LogP contribution in [0.15, 0.2) is 24.3 Å². The van der Waals surface area contributed by atoms with Crippen LogP contribution in [0.3, 0.4) is 0 Å². The summed E-state index contributed by atoms with van der Waals surface area (Å²) in [7, 11) is 1.96. The lowest BCUT2D eigenvalue weighted by Gasteiger charge is -2.33. The first-order chi connectivity index (χ1) is 7.70. The summed E-state index contributed by atoms with van der Waals surface area (Å²) in [6, 6.07) is 7.70. The number of benzene rings is 1. The van der Waals surface area contributed by atoms with Crippen LogP contribution in [0, 0.1) is 0 Å². The number of carbonyl (C=O) groups is 1. The summed E-state index contributed by atoms with van der Waals surface area (Å²) in [6.07, 6.45) is 3.68. The van der Waals surface area contributed by atoms with Crippen molar-refractivity contribution in [1.82, 2.24) is 0 Å². The van der Waals surface area contributed by atoms with Crippen LogP contribution in [0.2, 0.25) is 5.02 Å². The molecule has 0 spiro atoms. The Kier molecular flexibility index (Phi) is 3.31. The van der Waals surface area contributed by atoms with Gasteiger partial charge < -0.3 is 5.32 Å². The average Bonchev–Trinajstić information content (AvgIpc) is 2.31. The van der Waals surface area contributed by atoms with Gasteiger partial charge in [-0.05, 0) is 18.9 Å². The molecular formula is C13H17ClNO+. The van der Waals surface area contributed by atoms with E-state index in [0.717, 1.165) is 24.8 Å². The van der Waals surface area contributed by atoms with E-state index in [4.69, 9.17) is 11.6 Å². The van der Waals surface area contributed by atoms with Gasteiger partial charge in [-0.25, -0.2) is 0 Å². The molecule has 1 aliphatic carbocycles. The van der Waals surface area contributed by atoms with E-state index in [9.17, 15) is 4.79 Å². The Hall–Kier alpha value is -0.860. The molecule has 1 fully saturated rings. The minimum absolute atomic E-state index is 0.314. The predicted molar refractivity (Wildman–Crippen MR) is 64.5 cm³/mol. The molecule has 0 saturated heterocycles. The van der Waals surface area contributed by atoms with Gasteiger partial charge >= 0.3 is 0 Å². The summed E-state index contributed by atoms with van der Waals surface area (Å²) in [5, 5.41) is 2.73. The largest absolute Gasteiger partial charge is 0.334 e. The third kappa shape index (κ3) is 1.76. The maximum Gasteiger partial charge on any atom is 0.197 e. The standard InChI is InChI=1S/C13H16ClNO/c1-15-13(9-5-4-8-12(13)16)10-6-2-3-7-11(10)14/h2-3,6-7,15H,4-5,8-9H2,1H3/p+1. The molecule has 0 radical (unpaired) electrons. The Morgan fingerprint density at radius 1 is 1.31 bits per heavy atom. The van der Waals surface area contributed by atoms with E-state index in [-0.39, 0.29) is 0 Å². The first kappa shape index (κ1) is 11.6. The highest BCUT2D eigenvalue weighted by molar-refractivity contribution is 6.31. The van der Waals surface area contributed by atoms with E-state index >= 15 is 0 Å². The summed E-state index contributed by atoms with van der Waals surface area (Å²) < 4.78 is 0. The number of halogens is 1. The van der Waals surface area contributed by atoms with E-state index in [1.165, 1.54) is 0 Å². The van der Waals surface area contributed by atoms with Crippen molar-refractivity contribution < 1.29 is 10.1 Å². The van der Waals surface area contributed by atoms with Gasteiger partial charge in [0.2, 0.25) is 0 Å². The van der Waals surface area contributed by atoms with Gasteiger partial charge in [0.1, 0.15) is 0 Å². The van der Waals surface area contributed by atoms with Crippen molar-refractivity contribution in [2.45, 2.75) is 31.2 Å². The van der Waals surface area contributed by atoms with Gasteiger partial charge in [-0.15, -0.1) is 0 Å². The van der Waals surface area contributed by atoms with Gasteiger partial charge in [-0.3, -0.25) is 4.79 Å². The number of hydrogen-bond donors (Lipinski definition) is 1. The molecule has 0 bridgehead atoms. The van der Waals surface area contributed by atoms with Crippen LogP contribution in [0.25, 0.3) is 0 Å². The van der Waals surface area contributed by atoms with Crippen LogP contribution < -0.4 is 5.32 Å². The van der Waals surface area contributed by atoms with Gasteiger partial charge in [-0.2, -0.15) is 0 Å². The molecule has 1 atom stereocenters. The Labute approximate surface area is 101 Å². The zero-order valence-corrected chi connectivity index (χ0v) is 10.3. The number of ketones is 1. The molecule has 1 aromatic carbocycles. The van der Waals surface area contributed by atoms with Crippen molar-refractivity contribution in [2.24, 2.45) is 0 Å². The lowest BCUT2D eigenvalue weighted by molar-refractivity contribution is -0.698. The Balaban J connectivity index is 2.48. The smallest absolute Gasteiger partial charge is 0.197 e. The van der Waals surface area contributed by atoms with E-state index in [1.807, 2.05) is 36.6 Å². The van der Waals surface area contributed by atoms with Crippen molar-refractivity contribution in [1.29, 1.82) is 0 Å². The fraction of sp³-hybridized carbons (Fsp3) is 0.462. The summed E-state index contributed by atoms with van der Waals surface area (Å²) >= 11 is 6.22. The summed E-state index contributed by atoms with van der Waals surface area (Å²) in [5.41, 5.74) is 0.542. The molecule has 2 N–H and O–H groups in total. The molecule has 1 aliphatic rings. The van der Waals surface area contributed by atoms with E-state index in [2.05, 4.69) is 0 Å². The highest BCUT2D eigenvalue weighted by Crippen LogP contribution is 2.34. The Morgan fingerprint density at radius 3 is 2.69 bits per heavy atom. The van der Waals surface area contributed by atoms with Crippen molar-refractivity contribution in [3.05, 3.63) is 34.9 Å². The molecule has 2 rings (SSSR count). The van der Waals surface area contributed by atoms with Crippen LogP contribution in [-0.2, 0) is 10.3 Å². The molecule has 0 aromatic heterocycles. The minimum Gasteiger partial charge on any atom is -0.334 e. The number of rotatable bonds is 2. The van der Waals surface area contributed by atoms with Crippen LogP contribution in [0.1, 0.15) is 31.2 Å². The normalized spacial score (nSPS) is 25.8. The van der Waals surface area contributed by atoms with Crippen LogP contribution in [-0.4, -0.2) is 12.8 Å². The highest BCUT2D eigenvalue weighted by atomic mass is 35.5. The maximum atomic E-state index is 12.2. The molecule has 2 nitrogen and oxygen atoms in total. The number of carbonyl (C=O) groups excluding carboxylic acids is 1. The van der Waals surface area contributed by atoms with Crippen LogP contribution in [0.4, 0.5) is 0 Å². The summed E-state index contributed by atoms with van der Waals surface area (Å²) in [5.74, 6) is 0.314. The Morgan fingerprint density at radius 2 is 2.06 bits per heavy atom. The summed E-state index contributed by atoms with van der Waals surface area (Å²) in [6.45, 7) is 0. The fourth-order valence-electron chi connectivity index (χ4n) is 2.62. The third-order valence-electron chi connectivity index (χ3n) is 3.57. The van der Waals surface area contributed by atoms with E-state index < -0.39 is 5.54 Å². The van der Waals surface area contributed by atoms with Gasteiger partial charge in [0.15, 0.2) is 11.3 Å². The lowest BCUT2D eigenvalue weighted by atomic mass is 9.75. The Bertz CT molecular complexity index is 405. The summed E-state index contributed by atoms with van der Waals surface area (Å²) in [4.78, 5) is 12.2.